The third kappa shape index (κ3) is 10.7. The lowest BCUT2D eigenvalue weighted by Gasteiger charge is -2.35. The van der Waals surface area contributed by atoms with Gasteiger partial charge in [-0.1, -0.05) is 0 Å². The largest absolute Gasteiger partial charge is 0.481 e. The van der Waals surface area contributed by atoms with Gasteiger partial charge < -0.3 is 10.4 Å². The Labute approximate surface area is 154 Å². The summed E-state index contributed by atoms with van der Waals surface area (Å²) in [6.45, 7) is 0. The molecule has 13 nitrogen and oxygen atoms in total. The van der Waals surface area contributed by atoms with E-state index in [1.165, 1.54) is 16.4 Å². The number of hydrogen-bond donors (Lipinski definition) is 8. The third-order valence-electron chi connectivity index (χ3n) is 3.84. The maximum absolute atomic E-state index is 12.1. The van der Waals surface area contributed by atoms with E-state index in [1.807, 2.05) is 0 Å². The first kappa shape index (κ1) is 24.2. The van der Waals surface area contributed by atoms with E-state index < -0.39 is 41.6 Å². The zero-order valence-electron chi connectivity index (χ0n) is 14.5. The van der Waals surface area contributed by atoms with Crippen molar-refractivity contribution >= 4 is 29.6 Å². The molecule has 0 heterocycles. The third-order valence-corrected chi connectivity index (χ3v) is 3.84. The van der Waals surface area contributed by atoms with Crippen LogP contribution in [0.25, 0.3) is 0 Å². The minimum Gasteiger partial charge on any atom is -0.481 e. The van der Waals surface area contributed by atoms with Crippen LogP contribution in [0.2, 0.25) is 0 Å². The molecule has 0 aromatic carbocycles. The average Bonchev–Trinajstić information content (AvgIpc) is 2.66. The Morgan fingerprint density at radius 3 is 1.26 bits per heavy atom. The number of carboxylic acids is 1. The molecule has 0 rings (SSSR count). The van der Waals surface area contributed by atoms with Gasteiger partial charge in [0, 0.05) is 31.2 Å². The number of carboxylic acid groups (broad SMARTS) is 1. The van der Waals surface area contributed by atoms with Gasteiger partial charge in [0.05, 0.1) is 6.42 Å². The summed E-state index contributed by atoms with van der Waals surface area (Å²) >= 11 is 0. The van der Waals surface area contributed by atoms with Crippen molar-refractivity contribution < 1.29 is 44.7 Å². The fraction of sp³-hybridized carbons (Fsp3) is 0.643. The first-order valence-corrected chi connectivity index (χ1v) is 7.99. The first-order valence-electron chi connectivity index (χ1n) is 7.99. The number of hydroxylamine groups is 3. The van der Waals surface area contributed by atoms with E-state index in [0.717, 1.165) is 0 Å². The van der Waals surface area contributed by atoms with Crippen molar-refractivity contribution in [2.75, 3.05) is 0 Å². The molecule has 0 saturated heterocycles. The van der Waals surface area contributed by atoms with Gasteiger partial charge in [0.2, 0.25) is 23.6 Å². The second-order valence-electron chi connectivity index (χ2n) is 5.83. The van der Waals surface area contributed by atoms with E-state index in [-0.39, 0.29) is 44.9 Å². The van der Waals surface area contributed by atoms with Crippen molar-refractivity contribution in [2.24, 2.45) is 0 Å². The molecular formula is C14H24N4O9. The summed E-state index contributed by atoms with van der Waals surface area (Å²) < 4.78 is 0. The highest BCUT2D eigenvalue weighted by Gasteiger charge is 2.33. The second kappa shape index (κ2) is 12.6. The Balaban J connectivity index is 5.39. The summed E-state index contributed by atoms with van der Waals surface area (Å²) in [4.78, 5) is 56.8. The number of carbonyl (C=O) groups is 5. The predicted octanol–water partition coefficient (Wildman–Crippen LogP) is -1.44. The number of nitrogens with one attached hydrogen (secondary N) is 4. The molecule has 4 amide bonds. The van der Waals surface area contributed by atoms with Gasteiger partial charge in [-0.3, -0.25) is 39.6 Å². The highest BCUT2D eigenvalue weighted by atomic mass is 16.5. The maximum Gasteiger partial charge on any atom is 0.303 e. The zero-order chi connectivity index (χ0) is 20.9. The van der Waals surface area contributed by atoms with Gasteiger partial charge >= 0.3 is 5.97 Å². The van der Waals surface area contributed by atoms with Gasteiger partial charge in [0.1, 0.15) is 0 Å². The van der Waals surface area contributed by atoms with Crippen LogP contribution in [-0.4, -0.2) is 55.9 Å². The van der Waals surface area contributed by atoms with Crippen molar-refractivity contribution in [1.82, 2.24) is 21.8 Å². The SMILES string of the molecule is O=C(O)CCC(=O)NC(CCC(=O)NO)(CCC(=O)NO)CCC(=O)NO. The molecule has 0 fully saturated rings. The number of hydrogen-bond acceptors (Lipinski definition) is 8. The van der Waals surface area contributed by atoms with E-state index >= 15 is 0 Å². The Morgan fingerprint density at radius 1 is 0.593 bits per heavy atom. The first-order chi connectivity index (χ1) is 12.7. The molecule has 0 spiro atoms. The summed E-state index contributed by atoms with van der Waals surface area (Å²) in [5, 5.41) is 37.1. The smallest absolute Gasteiger partial charge is 0.303 e. The van der Waals surface area contributed by atoms with E-state index in [1.54, 1.807) is 0 Å². The molecule has 0 bridgehead atoms. The molecule has 0 aromatic heterocycles. The number of amides is 4. The molecule has 0 aliphatic carbocycles. The minimum atomic E-state index is -1.30. The lowest BCUT2D eigenvalue weighted by Crippen LogP contribution is -2.50. The average molecular weight is 392 g/mol. The van der Waals surface area contributed by atoms with Crippen molar-refractivity contribution in [2.45, 2.75) is 56.9 Å². The Morgan fingerprint density at radius 2 is 0.963 bits per heavy atom. The molecule has 0 atom stereocenters. The zero-order valence-corrected chi connectivity index (χ0v) is 14.5. The van der Waals surface area contributed by atoms with E-state index in [4.69, 9.17) is 20.7 Å². The van der Waals surface area contributed by atoms with E-state index in [9.17, 15) is 24.0 Å². The molecule has 0 aliphatic rings. The lowest BCUT2D eigenvalue weighted by molar-refractivity contribution is -0.139. The monoisotopic (exact) mass is 392 g/mol. The summed E-state index contributed by atoms with van der Waals surface area (Å²) in [5.74, 6) is -4.22. The maximum atomic E-state index is 12.1. The summed E-state index contributed by atoms with van der Waals surface area (Å²) in [5.41, 5.74) is 2.94. The predicted molar refractivity (Wildman–Crippen MR) is 85.2 cm³/mol. The van der Waals surface area contributed by atoms with Crippen molar-refractivity contribution in [3.8, 4) is 0 Å². The molecule has 0 aromatic rings. The van der Waals surface area contributed by atoms with Crippen LogP contribution >= 0.6 is 0 Å². The van der Waals surface area contributed by atoms with Crippen LogP contribution < -0.4 is 21.8 Å². The Hall–Kier alpha value is -2.77. The number of aliphatic carboxylic acids is 1. The van der Waals surface area contributed by atoms with Gasteiger partial charge in [-0.25, -0.2) is 16.4 Å². The topological polar surface area (TPSA) is 214 Å². The quantitative estimate of drug-likeness (QED) is 0.136. The highest BCUT2D eigenvalue weighted by Crippen LogP contribution is 2.26. The van der Waals surface area contributed by atoms with Crippen LogP contribution in [0.4, 0.5) is 0 Å². The van der Waals surface area contributed by atoms with Gasteiger partial charge in [0.15, 0.2) is 0 Å². The summed E-state index contributed by atoms with van der Waals surface area (Å²) in [7, 11) is 0. The van der Waals surface area contributed by atoms with Gasteiger partial charge in [-0.15, -0.1) is 0 Å². The molecule has 0 saturated carbocycles. The van der Waals surface area contributed by atoms with Crippen LogP contribution in [0.3, 0.4) is 0 Å². The molecule has 154 valence electrons. The fourth-order valence-corrected chi connectivity index (χ4v) is 2.37. The Kier molecular flexibility index (Phi) is 11.3. The van der Waals surface area contributed by atoms with Crippen molar-refractivity contribution in [1.29, 1.82) is 0 Å². The molecule has 0 unspecified atom stereocenters. The van der Waals surface area contributed by atoms with E-state index in [2.05, 4.69) is 5.32 Å². The number of rotatable bonds is 13. The molecule has 0 aliphatic heterocycles. The van der Waals surface area contributed by atoms with Crippen LogP contribution in [0, 0.1) is 0 Å². The number of carbonyl (C=O) groups excluding carboxylic acids is 4. The molecule has 13 heteroatoms. The highest BCUT2D eigenvalue weighted by molar-refractivity contribution is 5.82. The molecule has 8 N–H and O–H groups in total. The Bertz CT molecular complexity index is 502. The van der Waals surface area contributed by atoms with Crippen LogP contribution in [0.15, 0.2) is 0 Å². The lowest BCUT2D eigenvalue weighted by atomic mass is 9.83. The van der Waals surface area contributed by atoms with E-state index in [0.29, 0.717) is 0 Å². The minimum absolute atomic E-state index is 0.102. The summed E-state index contributed by atoms with van der Waals surface area (Å²) in [6, 6.07) is 0. The molecular weight excluding hydrogens is 368 g/mol. The van der Waals surface area contributed by atoms with Crippen LogP contribution in [0.5, 0.6) is 0 Å². The normalized spacial score (nSPS) is 10.6. The van der Waals surface area contributed by atoms with Crippen molar-refractivity contribution in [3.63, 3.8) is 0 Å². The summed E-state index contributed by atoms with van der Waals surface area (Å²) in [6.07, 6.45) is -1.97. The molecule has 0 radical (unpaired) electrons. The standard InChI is InChI=1S/C14H24N4O9/c19-9(1-2-13(23)24)15-14(6-3-10(20)16-25,7-4-11(21)17-26)8-5-12(22)18-27/h25-27H,1-8H2,(H,15,19)(H,16,20)(H,17,21)(H,18,22)(H,23,24). The van der Waals surface area contributed by atoms with Gasteiger partial charge in [-0.2, -0.15) is 0 Å². The second-order valence-corrected chi connectivity index (χ2v) is 5.83. The fourth-order valence-electron chi connectivity index (χ4n) is 2.37. The van der Waals surface area contributed by atoms with Crippen LogP contribution in [-0.2, 0) is 24.0 Å². The molecule has 27 heavy (non-hydrogen) atoms. The van der Waals surface area contributed by atoms with Gasteiger partial charge in [0.25, 0.3) is 0 Å². The van der Waals surface area contributed by atoms with Crippen molar-refractivity contribution in [3.05, 3.63) is 0 Å². The van der Waals surface area contributed by atoms with Crippen LogP contribution in [0.1, 0.15) is 51.4 Å². The van der Waals surface area contributed by atoms with Gasteiger partial charge in [-0.05, 0) is 19.3 Å².